The van der Waals surface area contributed by atoms with Crippen LogP contribution in [0.15, 0.2) is 60.0 Å². The van der Waals surface area contributed by atoms with Gasteiger partial charge in [-0.1, -0.05) is 24.8 Å². The van der Waals surface area contributed by atoms with Gasteiger partial charge in [-0.25, -0.2) is 8.42 Å². The minimum absolute atomic E-state index is 0.276. The van der Waals surface area contributed by atoms with Gasteiger partial charge >= 0.3 is 0 Å². The van der Waals surface area contributed by atoms with E-state index in [1.807, 2.05) is 12.1 Å². The van der Waals surface area contributed by atoms with Gasteiger partial charge in [0.15, 0.2) is 0 Å². The van der Waals surface area contributed by atoms with E-state index in [0.717, 1.165) is 5.56 Å². The first-order valence-electron chi connectivity index (χ1n) is 5.45. The largest absolute Gasteiger partial charge is 0.744 e. The zero-order valence-electron chi connectivity index (χ0n) is 9.94. The molecule has 0 fully saturated rings. The second-order valence-electron chi connectivity index (χ2n) is 3.80. The molecule has 0 radical (unpaired) electrons. The molecule has 2 aromatic rings. The predicted molar refractivity (Wildman–Crippen MR) is 71.0 cm³/mol. The fraction of sp³-hybridized carbons (Fsp3) is 0. The molecule has 0 amide bonds. The first-order chi connectivity index (χ1) is 8.99. The normalized spacial score (nSPS) is 11.0. The van der Waals surface area contributed by atoms with Crippen molar-refractivity contribution < 1.29 is 17.7 Å². The Morgan fingerprint density at radius 2 is 1.42 bits per heavy atom. The van der Waals surface area contributed by atoms with Crippen molar-refractivity contribution in [3.63, 3.8) is 0 Å². The highest BCUT2D eigenvalue weighted by Gasteiger charge is 2.02. The number of hydrogen-bond acceptors (Lipinski definition) is 4. The lowest BCUT2D eigenvalue weighted by molar-refractivity contribution is 0.462. The quantitative estimate of drug-likeness (QED) is 0.804. The van der Waals surface area contributed by atoms with Gasteiger partial charge in [0, 0.05) is 0 Å². The fourth-order valence-electron chi connectivity index (χ4n) is 1.48. The summed E-state index contributed by atoms with van der Waals surface area (Å²) in [6, 6.07) is 12.5. The van der Waals surface area contributed by atoms with Gasteiger partial charge in [0.25, 0.3) is 0 Å². The Morgan fingerprint density at radius 1 is 0.947 bits per heavy atom. The summed E-state index contributed by atoms with van der Waals surface area (Å²) >= 11 is 0. The lowest BCUT2D eigenvalue weighted by Crippen LogP contribution is -1.97. The Bertz CT molecular complexity index is 670. The molecule has 2 rings (SSSR count). The molecule has 0 aliphatic carbocycles. The topological polar surface area (TPSA) is 66.4 Å². The molecule has 0 heterocycles. The zero-order valence-corrected chi connectivity index (χ0v) is 10.8. The maximum atomic E-state index is 10.8. The highest BCUT2D eigenvalue weighted by atomic mass is 32.2. The van der Waals surface area contributed by atoms with Crippen LogP contribution >= 0.6 is 0 Å². The summed E-state index contributed by atoms with van der Waals surface area (Å²) in [6.45, 7) is 3.65. The molecular formula is C14H11O4S-. The van der Waals surface area contributed by atoms with Crippen LogP contribution in [0.25, 0.3) is 6.08 Å². The summed E-state index contributed by atoms with van der Waals surface area (Å²) in [5.41, 5.74) is 0.972. The molecule has 0 saturated carbocycles. The lowest BCUT2D eigenvalue weighted by Gasteiger charge is -2.09. The van der Waals surface area contributed by atoms with E-state index >= 15 is 0 Å². The Morgan fingerprint density at radius 3 is 1.84 bits per heavy atom. The average molecular weight is 275 g/mol. The Balaban J connectivity index is 2.17. The van der Waals surface area contributed by atoms with Gasteiger partial charge in [-0.05, 0) is 42.0 Å². The molecule has 5 heteroatoms. The van der Waals surface area contributed by atoms with Gasteiger partial charge in [0.1, 0.15) is 21.6 Å². The monoisotopic (exact) mass is 275 g/mol. The van der Waals surface area contributed by atoms with Crippen molar-refractivity contribution in [1.29, 1.82) is 0 Å². The first kappa shape index (κ1) is 13.3. The molecule has 0 aliphatic heterocycles. The van der Waals surface area contributed by atoms with E-state index in [0.29, 0.717) is 11.5 Å². The second kappa shape index (κ2) is 5.26. The summed E-state index contributed by atoms with van der Waals surface area (Å²) in [4.78, 5) is -0.276. The summed E-state index contributed by atoms with van der Waals surface area (Å²) in [6.07, 6.45) is 1.72. The van der Waals surface area contributed by atoms with Gasteiger partial charge in [0.05, 0.1) is 4.90 Å². The van der Waals surface area contributed by atoms with Gasteiger partial charge in [-0.3, -0.25) is 0 Å². The van der Waals surface area contributed by atoms with Crippen molar-refractivity contribution in [1.82, 2.24) is 0 Å². The molecule has 0 N–H and O–H groups in total. The molecule has 0 spiro atoms. The predicted octanol–water partition coefficient (Wildman–Crippen LogP) is 3.03. The van der Waals surface area contributed by atoms with Crippen LogP contribution in [-0.4, -0.2) is 13.0 Å². The van der Waals surface area contributed by atoms with Gasteiger partial charge in [-0.15, -0.1) is 0 Å². The van der Waals surface area contributed by atoms with Crippen molar-refractivity contribution in [2.75, 3.05) is 0 Å². The fourth-order valence-corrected chi connectivity index (χ4v) is 1.95. The van der Waals surface area contributed by atoms with Crippen LogP contribution in [0.3, 0.4) is 0 Å². The van der Waals surface area contributed by atoms with Gasteiger partial charge in [-0.2, -0.15) is 0 Å². The van der Waals surface area contributed by atoms with Gasteiger partial charge < -0.3 is 9.29 Å². The number of ether oxygens (including phenoxy) is 1. The van der Waals surface area contributed by atoms with E-state index in [2.05, 4.69) is 6.58 Å². The Hall–Kier alpha value is -2.11. The molecule has 2 aromatic carbocycles. The molecule has 0 aliphatic rings. The SMILES string of the molecule is C=Cc1ccc(Oc2ccc(S(=O)(=O)[O-])cc2)cc1. The molecule has 0 saturated heterocycles. The summed E-state index contributed by atoms with van der Waals surface area (Å²) in [5.74, 6) is 1.07. The molecule has 98 valence electrons. The second-order valence-corrected chi connectivity index (χ2v) is 5.18. The van der Waals surface area contributed by atoms with Crippen LogP contribution in [0.2, 0.25) is 0 Å². The smallest absolute Gasteiger partial charge is 0.127 e. The summed E-state index contributed by atoms with van der Waals surface area (Å²) in [7, 11) is -4.42. The van der Waals surface area contributed by atoms with E-state index < -0.39 is 10.1 Å². The third kappa shape index (κ3) is 3.43. The molecule has 0 aromatic heterocycles. The first-order valence-corrected chi connectivity index (χ1v) is 6.86. The molecule has 0 bridgehead atoms. The maximum Gasteiger partial charge on any atom is 0.127 e. The lowest BCUT2D eigenvalue weighted by atomic mass is 10.2. The van der Waals surface area contributed by atoms with E-state index in [1.165, 1.54) is 24.3 Å². The zero-order chi connectivity index (χ0) is 13.9. The highest BCUT2D eigenvalue weighted by Crippen LogP contribution is 2.23. The maximum absolute atomic E-state index is 10.8. The molecule has 4 nitrogen and oxygen atoms in total. The minimum Gasteiger partial charge on any atom is -0.744 e. The van der Waals surface area contributed by atoms with Crippen LogP contribution in [0.4, 0.5) is 0 Å². The van der Waals surface area contributed by atoms with Crippen molar-refractivity contribution in [2.24, 2.45) is 0 Å². The summed E-state index contributed by atoms with van der Waals surface area (Å²) < 4.78 is 37.8. The summed E-state index contributed by atoms with van der Waals surface area (Å²) in [5, 5.41) is 0. The minimum atomic E-state index is -4.42. The molecule has 19 heavy (non-hydrogen) atoms. The highest BCUT2D eigenvalue weighted by molar-refractivity contribution is 7.85. The number of benzene rings is 2. The van der Waals surface area contributed by atoms with Crippen LogP contribution in [0.5, 0.6) is 11.5 Å². The van der Waals surface area contributed by atoms with Gasteiger partial charge in [0.2, 0.25) is 0 Å². The number of rotatable bonds is 4. The Labute approximate surface area is 111 Å². The standard InChI is InChI=1S/C14H12O4S/c1-2-11-3-5-12(6-4-11)18-13-7-9-14(10-8-13)19(15,16)17/h2-10H,1H2,(H,15,16,17)/p-1. The number of hydrogen-bond donors (Lipinski definition) is 0. The molecule has 0 unspecified atom stereocenters. The van der Waals surface area contributed by atoms with Crippen molar-refractivity contribution >= 4 is 16.2 Å². The average Bonchev–Trinajstić information content (AvgIpc) is 2.39. The van der Waals surface area contributed by atoms with Crippen molar-refractivity contribution in [2.45, 2.75) is 4.90 Å². The van der Waals surface area contributed by atoms with Crippen LogP contribution in [-0.2, 0) is 10.1 Å². The van der Waals surface area contributed by atoms with E-state index in [4.69, 9.17) is 4.74 Å². The van der Waals surface area contributed by atoms with Crippen LogP contribution in [0, 0.1) is 0 Å². The molecular weight excluding hydrogens is 264 g/mol. The van der Waals surface area contributed by atoms with E-state index in [-0.39, 0.29) is 4.90 Å². The third-order valence-electron chi connectivity index (χ3n) is 2.46. The Kier molecular flexibility index (Phi) is 3.69. The van der Waals surface area contributed by atoms with Crippen molar-refractivity contribution in [3.8, 4) is 11.5 Å². The third-order valence-corrected chi connectivity index (χ3v) is 3.31. The van der Waals surface area contributed by atoms with E-state index in [1.54, 1.807) is 18.2 Å². The van der Waals surface area contributed by atoms with Crippen molar-refractivity contribution in [3.05, 3.63) is 60.7 Å². The van der Waals surface area contributed by atoms with E-state index in [9.17, 15) is 13.0 Å². The van der Waals surface area contributed by atoms with Crippen LogP contribution < -0.4 is 4.74 Å². The molecule has 0 atom stereocenters. The van der Waals surface area contributed by atoms with Crippen LogP contribution in [0.1, 0.15) is 5.56 Å².